The summed E-state index contributed by atoms with van der Waals surface area (Å²) in [5, 5.41) is 8.84. The first kappa shape index (κ1) is 29.7. The van der Waals surface area contributed by atoms with Crippen molar-refractivity contribution in [1.82, 2.24) is 4.98 Å². The lowest BCUT2D eigenvalue weighted by Crippen LogP contribution is -2.18. The highest BCUT2D eigenvalue weighted by atomic mass is 35.5. The van der Waals surface area contributed by atoms with Gasteiger partial charge in [0, 0.05) is 32.6 Å². The van der Waals surface area contributed by atoms with Gasteiger partial charge in [-0.25, -0.2) is 4.98 Å². The number of rotatable bonds is 8. The minimum Gasteiger partial charge on any atom is -0.326 e. The van der Waals surface area contributed by atoms with Crippen LogP contribution in [0.1, 0.15) is 22.8 Å². The largest absolute Gasteiger partial charge is 0.326 e. The van der Waals surface area contributed by atoms with Crippen molar-refractivity contribution in [3.8, 4) is 11.3 Å². The summed E-state index contributed by atoms with van der Waals surface area (Å²) in [6, 6.07) is 12.5. The number of amides is 2. The number of nitrogens with one attached hydrogen (secondary N) is 2. The van der Waals surface area contributed by atoms with Crippen LogP contribution in [-0.2, 0) is 4.79 Å². The number of carbonyl (C=O) groups excluding carboxylic acids is 2. The summed E-state index contributed by atoms with van der Waals surface area (Å²) in [6.07, 6.45) is 3.11. The minimum absolute atomic E-state index is 0.166. The molecule has 1 aliphatic rings. The third-order valence-corrected chi connectivity index (χ3v) is 8.30. The van der Waals surface area contributed by atoms with Crippen molar-refractivity contribution in [3.05, 3.63) is 98.4 Å². The third-order valence-electron chi connectivity index (χ3n) is 5.95. The lowest BCUT2D eigenvalue weighted by atomic mass is 10.1. The first-order valence-corrected chi connectivity index (χ1v) is 14.4. The second-order valence-corrected chi connectivity index (χ2v) is 12.7. The highest BCUT2D eigenvalue weighted by molar-refractivity contribution is 7.14. The van der Waals surface area contributed by atoms with Crippen molar-refractivity contribution in [2.45, 2.75) is 18.2 Å². The molecule has 0 bridgehead atoms. The molecule has 1 aliphatic carbocycles. The number of carbonyl (C=O) groups is 2. The molecule has 39 heavy (non-hydrogen) atoms. The summed E-state index contributed by atoms with van der Waals surface area (Å²) in [6.45, 7) is 7.65. The Morgan fingerprint density at radius 2 is 1.74 bits per heavy atom. The molecule has 3 aromatic rings. The number of aromatic nitrogens is 1. The summed E-state index contributed by atoms with van der Waals surface area (Å²) in [7, 11) is 0. The van der Waals surface area contributed by atoms with E-state index in [9.17, 15) is 9.59 Å². The molecular weight excluding hydrogens is 620 g/mol. The molecule has 0 aliphatic heterocycles. The molecule has 202 valence electrons. The van der Waals surface area contributed by atoms with Crippen LogP contribution in [0.4, 0.5) is 10.8 Å². The van der Waals surface area contributed by atoms with Gasteiger partial charge in [0.25, 0.3) is 5.91 Å². The van der Waals surface area contributed by atoms with Crippen LogP contribution in [-0.4, -0.2) is 21.1 Å². The molecule has 1 heterocycles. The van der Waals surface area contributed by atoms with Crippen molar-refractivity contribution < 1.29 is 9.59 Å². The third kappa shape index (κ3) is 7.07. The van der Waals surface area contributed by atoms with Crippen molar-refractivity contribution in [3.63, 3.8) is 0 Å². The van der Waals surface area contributed by atoms with Gasteiger partial charge in [-0.3, -0.25) is 14.9 Å². The lowest BCUT2D eigenvalue weighted by Gasteiger charge is -2.09. The van der Waals surface area contributed by atoms with E-state index in [4.69, 9.17) is 58.0 Å². The topological polar surface area (TPSA) is 71.1 Å². The van der Waals surface area contributed by atoms with Crippen LogP contribution in [0.5, 0.6) is 0 Å². The van der Waals surface area contributed by atoms with Gasteiger partial charge in [-0.1, -0.05) is 71.2 Å². The van der Waals surface area contributed by atoms with Crippen LogP contribution in [0.3, 0.4) is 0 Å². The number of hydrogen-bond acceptors (Lipinski definition) is 4. The van der Waals surface area contributed by atoms with Gasteiger partial charge >= 0.3 is 0 Å². The Kier molecular flexibility index (Phi) is 9.16. The normalized spacial score (nSPS) is 18.4. The molecule has 2 amide bonds. The Labute approximate surface area is 255 Å². The number of hydrogen-bond donors (Lipinski definition) is 2. The maximum atomic E-state index is 13.0. The summed E-state index contributed by atoms with van der Waals surface area (Å²) in [4.78, 5) is 30.5. The smallest absolute Gasteiger partial charge is 0.259 e. The zero-order chi connectivity index (χ0) is 28.5. The van der Waals surface area contributed by atoms with E-state index in [-0.39, 0.29) is 10.6 Å². The van der Waals surface area contributed by atoms with Crippen LogP contribution in [0.25, 0.3) is 11.3 Å². The average molecular weight is 642 g/mol. The number of aryl methyl sites for hydroxylation is 1. The fraction of sp³-hybridized carbons (Fsp3) is 0.179. The molecule has 1 aromatic heterocycles. The Hall–Kier alpha value is -2.32. The summed E-state index contributed by atoms with van der Waals surface area (Å²) in [5.41, 5.74) is 3.84. The van der Waals surface area contributed by atoms with Crippen molar-refractivity contribution >= 4 is 92.0 Å². The fourth-order valence-corrected chi connectivity index (χ4v) is 6.21. The minimum atomic E-state index is -1.36. The van der Waals surface area contributed by atoms with E-state index < -0.39 is 28.0 Å². The standard InChI is InChI=1S/C28H22Cl5N3O2S/c1-14-4-6-17(7-5-14)22-13-39-27(35-22)36-25(37)20-12-19(8-9-21(20)31)34-26(38)24-23(28(24,32)33)15(2)10-18(30)11-16(3)29/h4-13,23-24H,2H2,1,3H3,(H,34,38)(H,35,36,37)/b16-11+,18-10+. The van der Waals surface area contributed by atoms with Gasteiger partial charge in [0.15, 0.2) is 5.13 Å². The van der Waals surface area contributed by atoms with Crippen LogP contribution < -0.4 is 10.6 Å². The molecular formula is C28H22Cl5N3O2S. The zero-order valence-electron chi connectivity index (χ0n) is 20.7. The maximum Gasteiger partial charge on any atom is 0.259 e. The molecule has 0 radical (unpaired) electrons. The average Bonchev–Trinajstić information content (AvgIpc) is 3.16. The van der Waals surface area contributed by atoms with Gasteiger partial charge in [-0.2, -0.15) is 0 Å². The van der Waals surface area contributed by atoms with Crippen LogP contribution in [0, 0.1) is 18.8 Å². The lowest BCUT2D eigenvalue weighted by molar-refractivity contribution is -0.117. The second kappa shape index (κ2) is 12.0. The van der Waals surface area contributed by atoms with Gasteiger partial charge in [-0.15, -0.1) is 34.5 Å². The molecule has 2 unspecified atom stereocenters. The highest BCUT2D eigenvalue weighted by Gasteiger charge is 2.67. The summed E-state index contributed by atoms with van der Waals surface area (Å²) in [5.74, 6) is -2.24. The fourth-order valence-electron chi connectivity index (χ4n) is 3.96. The Morgan fingerprint density at radius 3 is 2.41 bits per heavy atom. The van der Waals surface area contributed by atoms with Gasteiger partial charge in [0.05, 0.1) is 22.2 Å². The Bertz CT molecular complexity index is 1510. The van der Waals surface area contributed by atoms with Crippen LogP contribution >= 0.6 is 69.3 Å². The second-order valence-electron chi connectivity index (χ2n) is 9.01. The number of thiazole rings is 1. The van der Waals surface area contributed by atoms with E-state index in [0.717, 1.165) is 16.8 Å². The molecule has 2 aromatic carbocycles. The molecule has 0 spiro atoms. The first-order chi connectivity index (χ1) is 18.4. The summed E-state index contributed by atoms with van der Waals surface area (Å²) < 4.78 is -1.36. The van der Waals surface area contributed by atoms with E-state index in [2.05, 4.69) is 22.2 Å². The predicted octanol–water partition coefficient (Wildman–Crippen LogP) is 9.20. The van der Waals surface area contributed by atoms with E-state index in [1.165, 1.54) is 23.5 Å². The number of anilines is 2. The van der Waals surface area contributed by atoms with Gasteiger partial charge in [0.2, 0.25) is 5.91 Å². The molecule has 0 saturated heterocycles. The predicted molar refractivity (Wildman–Crippen MR) is 164 cm³/mol. The van der Waals surface area contributed by atoms with E-state index in [1.54, 1.807) is 25.1 Å². The molecule has 2 N–H and O–H groups in total. The van der Waals surface area contributed by atoms with Crippen molar-refractivity contribution in [1.29, 1.82) is 0 Å². The van der Waals surface area contributed by atoms with Gasteiger partial charge < -0.3 is 5.32 Å². The Balaban J connectivity index is 1.44. The van der Waals surface area contributed by atoms with E-state index in [0.29, 0.717) is 26.5 Å². The maximum absolute atomic E-state index is 13.0. The van der Waals surface area contributed by atoms with Crippen molar-refractivity contribution in [2.75, 3.05) is 10.6 Å². The zero-order valence-corrected chi connectivity index (χ0v) is 25.3. The molecule has 1 fully saturated rings. The molecule has 11 heteroatoms. The van der Waals surface area contributed by atoms with Crippen molar-refractivity contribution in [2.24, 2.45) is 11.8 Å². The molecule has 4 rings (SSSR count). The van der Waals surface area contributed by atoms with Crippen LogP contribution in [0.2, 0.25) is 5.02 Å². The number of halogens is 5. The van der Waals surface area contributed by atoms with Gasteiger partial charge in [-0.05, 0) is 49.8 Å². The van der Waals surface area contributed by atoms with E-state index in [1.807, 2.05) is 36.6 Å². The van der Waals surface area contributed by atoms with Crippen LogP contribution in [0.15, 0.2) is 82.2 Å². The van der Waals surface area contributed by atoms with E-state index >= 15 is 0 Å². The first-order valence-electron chi connectivity index (χ1n) is 11.6. The monoisotopic (exact) mass is 639 g/mol. The highest BCUT2D eigenvalue weighted by Crippen LogP contribution is 2.62. The number of nitrogens with zero attached hydrogens (tertiary/aromatic N) is 1. The SMILES string of the molecule is C=C(/C=C(Cl)\C=C(/C)Cl)C1C(C(=O)Nc2ccc(Cl)c(C(=O)Nc3nc(-c4ccc(C)cc4)cs3)c2)C1(Cl)Cl. The number of allylic oxidation sites excluding steroid dienone is 5. The van der Waals surface area contributed by atoms with Gasteiger partial charge in [0.1, 0.15) is 4.33 Å². The Morgan fingerprint density at radius 1 is 1.05 bits per heavy atom. The number of alkyl halides is 2. The molecule has 1 saturated carbocycles. The number of benzene rings is 2. The molecule has 5 nitrogen and oxygen atoms in total. The summed E-state index contributed by atoms with van der Waals surface area (Å²) >= 11 is 32.4. The molecule has 2 atom stereocenters. The quantitative estimate of drug-likeness (QED) is 0.190.